The summed E-state index contributed by atoms with van der Waals surface area (Å²) in [6.07, 6.45) is 0.427. The van der Waals surface area contributed by atoms with E-state index in [1.54, 1.807) is 0 Å². The van der Waals surface area contributed by atoms with Crippen LogP contribution in [0.4, 0.5) is 0 Å². The minimum absolute atomic E-state index is 0.0403. The lowest BCUT2D eigenvalue weighted by Gasteiger charge is -2.07. The quantitative estimate of drug-likeness (QED) is 0.466. The molecule has 0 aromatic rings. The summed E-state index contributed by atoms with van der Waals surface area (Å²) in [6, 6.07) is 0. The third-order valence-corrected chi connectivity index (χ3v) is 2.74. The van der Waals surface area contributed by atoms with Gasteiger partial charge in [-0.25, -0.2) is 8.42 Å². The minimum atomic E-state index is -3.37. The highest BCUT2D eigenvalue weighted by Gasteiger charge is 2.03. The normalized spacial score (nSPS) is 12.3. The summed E-state index contributed by atoms with van der Waals surface area (Å²) in [4.78, 5) is 0. The van der Waals surface area contributed by atoms with Crippen molar-refractivity contribution in [3.8, 4) is 0 Å². The molecule has 0 aliphatic heterocycles. The smallest absolute Gasteiger partial charge is 0.232 e. The molecule has 0 saturated carbocycles. The van der Waals surface area contributed by atoms with Gasteiger partial charge >= 0.3 is 0 Å². The van der Waals surface area contributed by atoms with Crippen molar-refractivity contribution in [2.45, 2.75) is 20.3 Å². The van der Waals surface area contributed by atoms with Crippen molar-refractivity contribution in [3.05, 3.63) is 0 Å². The maximum absolute atomic E-state index is 10.5. The fraction of sp³-hybridized carbons (Fsp3) is 1.00. The Morgan fingerprint density at radius 2 is 1.73 bits per heavy atom. The van der Waals surface area contributed by atoms with Crippen LogP contribution in [0.15, 0.2) is 0 Å². The Kier molecular flexibility index (Phi) is 8.42. The van der Waals surface area contributed by atoms with E-state index in [1.165, 1.54) is 0 Å². The van der Waals surface area contributed by atoms with E-state index in [2.05, 4.69) is 13.8 Å². The van der Waals surface area contributed by atoms with E-state index in [9.17, 15) is 8.42 Å². The number of halogens is 1. The Morgan fingerprint density at radius 3 is 2.27 bits per heavy atom. The van der Waals surface area contributed by atoms with Crippen molar-refractivity contribution in [3.63, 3.8) is 0 Å². The summed E-state index contributed by atoms with van der Waals surface area (Å²) in [6.45, 7) is 6.32. The molecular weight excluding hydrogens is 240 g/mol. The number of ether oxygens (including phenoxy) is 2. The number of hydrogen-bond acceptors (Lipinski definition) is 4. The van der Waals surface area contributed by atoms with E-state index in [1.807, 2.05) is 0 Å². The Balaban J connectivity index is 3.12. The average Bonchev–Trinajstić information content (AvgIpc) is 2.07. The van der Waals surface area contributed by atoms with Crippen LogP contribution in [0, 0.1) is 5.92 Å². The van der Waals surface area contributed by atoms with E-state index >= 15 is 0 Å². The van der Waals surface area contributed by atoms with Gasteiger partial charge in [0.05, 0.1) is 19.0 Å². The van der Waals surface area contributed by atoms with Crippen molar-refractivity contribution in [1.29, 1.82) is 0 Å². The van der Waals surface area contributed by atoms with Gasteiger partial charge in [-0.2, -0.15) is 0 Å². The molecule has 0 bridgehead atoms. The molecule has 0 aliphatic carbocycles. The Hall–Kier alpha value is 0.160. The van der Waals surface area contributed by atoms with Crippen molar-refractivity contribution in [1.82, 2.24) is 0 Å². The van der Waals surface area contributed by atoms with E-state index in [-0.39, 0.29) is 5.75 Å². The first-order valence-corrected chi connectivity index (χ1v) is 7.47. The van der Waals surface area contributed by atoms with Crippen LogP contribution < -0.4 is 0 Å². The third-order valence-electron chi connectivity index (χ3n) is 1.50. The van der Waals surface area contributed by atoms with Crippen LogP contribution in [0.1, 0.15) is 20.3 Å². The average molecular weight is 259 g/mol. The topological polar surface area (TPSA) is 52.6 Å². The largest absolute Gasteiger partial charge is 0.379 e. The van der Waals surface area contributed by atoms with Crippen LogP contribution in [0.2, 0.25) is 0 Å². The molecule has 0 unspecified atom stereocenters. The first-order valence-electron chi connectivity index (χ1n) is 4.99. The van der Waals surface area contributed by atoms with Crippen LogP contribution in [-0.2, 0) is 18.5 Å². The Bertz CT molecular complexity index is 238. The molecule has 4 nitrogen and oxygen atoms in total. The van der Waals surface area contributed by atoms with Gasteiger partial charge in [0, 0.05) is 23.9 Å². The van der Waals surface area contributed by atoms with Gasteiger partial charge in [-0.05, 0) is 12.3 Å². The molecule has 0 aromatic carbocycles. The Labute approximate surface area is 96.3 Å². The molecule has 0 rings (SSSR count). The van der Waals surface area contributed by atoms with E-state index < -0.39 is 9.05 Å². The highest BCUT2D eigenvalue weighted by Crippen LogP contribution is 1.98. The second-order valence-corrected chi connectivity index (χ2v) is 6.57. The molecule has 0 N–H and O–H groups in total. The molecule has 0 radical (unpaired) electrons. The van der Waals surface area contributed by atoms with Crippen LogP contribution in [0.25, 0.3) is 0 Å². The van der Waals surface area contributed by atoms with E-state index in [4.69, 9.17) is 20.2 Å². The monoisotopic (exact) mass is 258 g/mol. The molecule has 0 aliphatic rings. The van der Waals surface area contributed by atoms with Crippen molar-refractivity contribution in [2.24, 2.45) is 5.92 Å². The summed E-state index contributed by atoms with van der Waals surface area (Å²) in [5, 5.41) is 0. The fourth-order valence-corrected chi connectivity index (χ4v) is 1.66. The first kappa shape index (κ1) is 15.2. The minimum Gasteiger partial charge on any atom is -0.379 e. The summed E-state index contributed by atoms with van der Waals surface area (Å²) in [5.41, 5.74) is 0. The number of hydrogen-bond donors (Lipinski definition) is 0. The van der Waals surface area contributed by atoms with Gasteiger partial charge in [-0.3, -0.25) is 0 Å². The summed E-state index contributed by atoms with van der Waals surface area (Å²) in [7, 11) is 1.65. The van der Waals surface area contributed by atoms with Crippen molar-refractivity contribution in [2.75, 3.05) is 32.2 Å². The predicted molar refractivity (Wildman–Crippen MR) is 60.7 cm³/mol. The van der Waals surface area contributed by atoms with Gasteiger partial charge in [-0.15, -0.1) is 0 Å². The zero-order chi connectivity index (χ0) is 11.7. The van der Waals surface area contributed by atoms with E-state index in [0.717, 1.165) is 6.61 Å². The van der Waals surface area contributed by atoms with Gasteiger partial charge < -0.3 is 9.47 Å². The molecule has 15 heavy (non-hydrogen) atoms. The molecule has 92 valence electrons. The molecule has 6 heteroatoms. The highest BCUT2D eigenvalue weighted by molar-refractivity contribution is 8.13. The van der Waals surface area contributed by atoms with Crippen LogP contribution in [-0.4, -0.2) is 40.6 Å². The standard InChI is InChI=1S/C9H19ClO4S/c1-9(2)8-14-6-5-13-4-3-7-15(10,11)12/h9H,3-8H2,1-2H3. The zero-order valence-electron chi connectivity index (χ0n) is 9.24. The molecule has 0 aromatic heterocycles. The van der Waals surface area contributed by atoms with Crippen LogP contribution >= 0.6 is 10.7 Å². The SMILES string of the molecule is CC(C)COCCOCCCS(=O)(=O)Cl. The fourth-order valence-electron chi connectivity index (χ4n) is 0.872. The maximum Gasteiger partial charge on any atom is 0.232 e. The molecule has 0 atom stereocenters. The zero-order valence-corrected chi connectivity index (χ0v) is 10.8. The highest BCUT2D eigenvalue weighted by atomic mass is 35.7. The molecule has 0 spiro atoms. The van der Waals surface area contributed by atoms with Gasteiger partial charge in [0.1, 0.15) is 0 Å². The predicted octanol–water partition coefficient (Wildman–Crippen LogP) is 1.63. The van der Waals surface area contributed by atoms with Crippen LogP contribution in [0.3, 0.4) is 0 Å². The molecular formula is C9H19ClO4S. The van der Waals surface area contributed by atoms with Crippen LogP contribution in [0.5, 0.6) is 0 Å². The summed E-state index contributed by atoms with van der Waals surface area (Å²) < 4.78 is 31.5. The van der Waals surface area contributed by atoms with Gasteiger partial charge in [-0.1, -0.05) is 13.8 Å². The molecule has 0 saturated heterocycles. The Morgan fingerprint density at radius 1 is 1.13 bits per heavy atom. The summed E-state index contributed by atoms with van der Waals surface area (Å²) in [5.74, 6) is 0.480. The van der Waals surface area contributed by atoms with Gasteiger partial charge in [0.25, 0.3) is 0 Å². The van der Waals surface area contributed by atoms with E-state index in [0.29, 0.717) is 32.2 Å². The van der Waals surface area contributed by atoms with Gasteiger partial charge in [0.15, 0.2) is 0 Å². The van der Waals surface area contributed by atoms with Crippen molar-refractivity contribution < 1.29 is 17.9 Å². The number of rotatable bonds is 9. The maximum atomic E-state index is 10.5. The second-order valence-electron chi connectivity index (χ2n) is 3.68. The first-order chi connectivity index (χ1) is 6.92. The lowest BCUT2D eigenvalue weighted by Crippen LogP contribution is -2.10. The summed E-state index contributed by atoms with van der Waals surface area (Å²) >= 11 is 0. The molecule has 0 fully saturated rings. The molecule has 0 heterocycles. The second kappa shape index (κ2) is 8.33. The lowest BCUT2D eigenvalue weighted by atomic mass is 10.2. The van der Waals surface area contributed by atoms with Crippen molar-refractivity contribution >= 4 is 19.7 Å². The lowest BCUT2D eigenvalue weighted by molar-refractivity contribution is 0.0382. The third kappa shape index (κ3) is 14.2. The van der Waals surface area contributed by atoms with Gasteiger partial charge in [0.2, 0.25) is 9.05 Å². The molecule has 0 amide bonds.